The summed E-state index contributed by atoms with van der Waals surface area (Å²) in [5, 5.41) is 17.2. The van der Waals surface area contributed by atoms with Crippen LogP contribution in [0.2, 0.25) is 0 Å². The van der Waals surface area contributed by atoms with Crippen molar-refractivity contribution >= 4 is 32.7 Å². The summed E-state index contributed by atoms with van der Waals surface area (Å²) in [5.74, 6) is 0.360. The molecular weight excluding hydrogens is 432 g/mol. The average molecular weight is 459 g/mol. The summed E-state index contributed by atoms with van der Waals surface area (Å²) in [6, 6.07) is 3.62. The maximum Gasteiger partial charge on any atom is 0.286 e. The zero-order valence-electron chi connectivity index (χ0n) is 18.2. The van der Waals surface area contributed by atoms with Gasteiger partial charge in [0.25, 0.3) is 5.91 Å². The van der Waals surface area contributed by atoms with E-state index >= 15 is 0 Å². The van der Waals surface area contributed by atoms with Crippen LogP contribution < -0.4 is 10.1 Å². The van der Waals surface area contributed by atoms with Gasteiger partial charge in [-0.05, 0) is 50.3 Å². The highest BCUT2D eigenvalue weighted by Gasteiger charge is 2.23. The van der Waals surface area contributed by atoms with Gasteiger partial charge < -0.3 is 15.2 Å². The molecular formula is C21H26N6O4S. The second kappa shape index (κ2) is 8.83. The van der Waals surface area contributed by atoms with Crippen LogP contribution in [0.4, 0.5) is 11.5 Å². The fourth-order valence-electron chi connectivity index (χ4n) is 3.74. The SMILES string of the molecule is Cc1c(C(=O)N=S(C)(C)=O)cn2ncnc(Nc3cccnc3O[C@H]3CC[C@H](O)CC3)c12. The lowest BCUT2D eigenvalue weighted by molar-refractivity contribution is 0.0647. The van der Waals surface area contributed by atoms with E-state index in [1.807, 2.05) is 6.07 Å². The Morgan fingerprint density at radius 3 is 2.75 bits per heavy atom. The smallest absolute Gasteiger partial charge is 0.286 e. The molecule has 1 aliphatic carbocycles. The standard InChI is InChI=1S/C21H26N6O4S/c1-13-16(20(29)26-32(2,3)30)11-27-18(13)19(23-12-24-27)25-17-5-4-10-22-21(17)31-15-8-6-14(28)7-9-15/h4-5,10-12,14-15,28H,6-9H2,1-3H3,(H,23,24,25)/t14-,15-. The Kier molecular flexibility index (Phi) is 6.11. The Hall–Kier alpha value is -3.05. The lowest BCUT2D eigenvalue weighted by Crippen LogP contribution is -2.27. The molecule has 1 aliphatic rings. The number of nitrogens with one attached hydrogen (secondary N) is 1. The van der Waals surface area contributed by atoms with Crippen LogP contribution in [0, 0.1) is 6.92 Å². The fourth-order valence-corrected chi connectivity index (χ4v) is 4.24. The minimum atomic E-state index is -2.58. The molecule has 0 spiro atoms. The number of fused-ring (bicyclic) bond motifs is 1. The summed E-state index contributed by atoms with van der Waals surface area (Å²) >= 11 is 0. The number of carbonyl (C=O) groups excluding carboxylic acids is 1. The minimum Gasteiger partial charge on any atom is -0.473 e. The third kappa shape index (κ3) is 4.89. The predicted molar refractivity (Wildman–Crippen MR) is 121 cm³/mol. The van der Waals surface area contributed by atoms with Crippen LogP contribution >= 0.6 is 0 Å². The predicted octanol–water partition coefficient (Wildman–Crippen LogP) is 2.73. The van der Waals surface area contributed by atoms with Gasteiger partial charge in [-0.2, -0.15) is 9.46 Å². The van der Waals surface area contributed by atoms with E-state index in [0.717, 1.165) is 12.8 Å². The number of amides is 1. The number of anilines is 2. The van der Waals surface area contributed by atoms with Crippen molar-refractivity contribution in [3.63, 3.8) is 0 Å². The van der Waals surface area contributed by atoms with E-state index in [1.165, 1.54) is 18.8 Å². The summed E-state index contributed by atoms with van der Waals surface area (Å²) in [4.78, 5) is 21.3. The molecule has 1 amide bonds. The zero-order chi connectivity index (χ0) is 22.9. The molecule has 0 radical (unpaired) electrons. The zero-order valence-corrected chi connectivity index (χ0v) is 19.0. The fraction of sp³-hybridized carbons (Fsp3) is 0.429. The number of hydrogen-bond donors (Lipinski definition) is 2. The second-order valence-electron chi connectivity index (χ2n) is 8.18. The summed E-state index contributed by atoms with van der Waals surface area (Å²) in [6.45, 7) is 1.77. The highest BCUT2D eigenvalue weighted by Crippen LogP contribution is 2.31. The van der Waals surface area contributed by atoms with Gasteiger partial charge in [-0.1, -0.05) is 0 Å². The molecule has 0 unspecified atom stereocenters. The van der Waals surface area contributed by atoms with E-state index in [1.54, 1.807) is 29.9 Å². The van der Waals surface area contributed by atoms with E-state index in [9.17, 15) is 14.1 Å². The highest BCUT2D eigenvalue weighted by atomic mass is 32.2. The summed E-state index contributed by atoms with van der Waals surface area (Å²) in [6.07, 6.45) is 10.1. The Bertz CT molecular complexity index is 1260. The van der Waals surface area contributed by atoms with Crippen molar-refractivity contribution in [1.29, 1.82) is 0 Å². The lowest BCUT2D eigenvalue weighted by Gasteiger charge is -2.26. The van der Waals surface area contributed by atoms with Crippen LogP contribution in [0.5, 0.6) is 5.88 Å². The van der Waals surface area contributed by atoms with Crippen LogP contribution in [-0.2, 0) is 9.73 Å². The van der Waals surface area contributed by atoms with E-state index in [2.05, 4.69) is 24.7 Å². The third-order valence-electron chi connectivity index (χ3n) is 5.31. The Morgan fingerprint density at radius 1 is 1.28 bits per heavy atom. The van der Waals surface area contributed by atoms with Crippen molar-refractivity contribution < 1.29 is 18.8 Å². The number of aliphatic hydroxyl groups excluding tert-OH is 1. The van der Waals surface area contributed by atoms with Gasteiger partial charge in [0.15, 0.2) is 5.82 Å². The van der Waals surface area contributed by atoms with Crippen LogP contribution in [0.3, 0.4) is 0 Å². The summed E-state index contributed by atoms with van der Waals surface area (Å²) in [7, 11) is -2.58. The molecule has 0 aliphatic heterocycles. The third-order valence-corrected chi connectivity index (χ3v) is 5.91. The molecule has 3 aromatic rings. The molecule has 11 heteroatoms. The highest BCUT2D eigenvalue weighted by molar-refractivity contribution is 7.92. The van der Waals surface area contributed by atoms with Gasteiger partial charge in [0, 0.05) is 34.6 Å². The molecule has 3 aromatic heterocycles. The molecule has 4 rings (SSSR count). The van der Waals surface area contributed by atoms with Crippen LogP contribution in [0.25, 0.3) is 5.52 Å². The van der Waals surface area contributed by atoms with Gasteiger partial charge in [0.2, 0.25) is 5.88 Å². The lowest BCUT2D eigenvalue weighted by atomic mass is 9.95. The number of carbonyl (C=O) groups is 1. The molecule has 1 saturated carbocycles. The van der Waals surface area contributed by atoms with E-state index in [4.69, 9.17) is 4.74 Å². The van der Waals surface area contributed by atoms with Crippen molar-refractivity contribution in [1.82, 2.24) is 19.6 Å². The second-order valence-corrected chi connectivity index (χ2v) is 10.7. The van der Waals surface area contributed by atoms with Crippen molar-refractivity contribution in [2.24, 2.45) is 4.36 Å². The number of rotatable bonds is 5. The first-order chi connectivity index (χ1) is 15.2. The van der Waals surface area contributed by atoms with Gasteiger partial charge in [0.1, 0.15) is 23.6 Å². The Balaban J connectivity index is 1.66. The molecule has 3 heterocycles. The topological polar surface area (TPSA) is 131 Å². The van der Waals surface area contributed by atoms with Crippen LogP contribution in [0.1, 0.15) is 41.6 Å². The average Bonchev–Trinajstić information content (AvgIpc) is 3.08. The molecule has 170 valence electrons. The Labute approximate surface area is 186 Å². The number of pyridine rings is 1. The van der Waals surface area contributed by atoms with Gasteiger partial charge >= 0.3 is 0 Å². The van der Waals surface area contributed by atoms with Crippen LogP contribution in [0.15, 0.2) is 35.2 Å². The number of hydrogen-bond acceptors (Lipinski definition) is 8. The largest absolute Gasteiger partial charge is 0.473 e. The van der Waals surface area contributed by atoms with Crippen molar-refractivity contribution in [3.05, 3.63) is 42.0 Å². The first-order valence-electron chi connectivity index (χ1n) is 10.3. The number of nitrogens with zero attached hydrogens (tertiary/aromatic N) is 5. The molecule has 32 heavy (non-hydrogen) atoms. The van der Waals surface area contributed by atoms with Crippen molar-refractivity contribution in [2.75, 3.05) is 17.8 Å². The molecule has 0 atom stereocenters. The Morgan fingerprint density at radius 2 is 2.03 bits per heavy atom. The molecule has 2 N–H and O–H groups in total. The minimum absolute atomic E-state index is 0.0157. The van der Waals surface area contributed by atoms with Gasteiger partial charge in [-0.25, -0.2) is 18.7 Å². The molecule has 0 bridgehead atoms. The first-order valence-corrected chi connectivity index (χ1v) is 12.7. The maximum atomic E-state index is 12.5. The normalized spacial score (nSPS) is 19.0. The molecule has 10 nitrogen and oxygen atoms in total. The summed E-state index contributed by atoms with van der Waals surface area (Å²) < 4.78 is 23.4. The number of aryl methyl sites for hydroxylation is 1. The van der Waals surface area contributed by atoms with Crippen molar-refractivity contribution in [2.45, 2.75) is 44.8 Å². The molecule has 0 aromatic carbocycles. The van der Waals surface area contributed by atoms with Gasteiger partial charge in [-0.15, -0.1) is 0 Å². The summed E-state index contributed by atoms with van der Waals surface area (Å²) in [5.41, 5.74) is 2.16. The molecule has 1 fully saturated rings. The van der Waals surface area contributed by atoms with E-state index < -0.39 is 15.6 Å². The van der Waals surface area contributed by atoms with E-state index in [-0.39, 0.29) is 12.2 Å². The van der Waals surface area contributed by atoms with E-state index in [0.29, 0.717) is 46.9 Å². The quantitative estimate of drug-likeness (QED) is 0.597. The van der Waals surface area contributed by atoms with Gasteiger partial charge in [-0.3, -0.25) is 4.79 Å². The number of aliphatic hydroxyl groups is 1. The maximum absolute atomic E-state index is 12.5. The van der Waals surface area contributed by atoms with Gasteiger partial charge in [0.05, 0.1) is 11.7 Å². The number of ether oxygens (including phenoxy) is 1. The van der Waals surface area contributed by atoms with Crippen LogP contribution in [-0.4, -0.2) is 59.5 Å². The molecule has 0 saturated heterocycles. The number of aromatic nitrogens is 4. The van der Waals surface area contributed by atoms with Crippen molar-refractivity contribution in [3.8, 4) is 5.88 Å². The first kappa shape index (κ1) is 22.2. The monoisotopic (exact) mass is 458 g/mol.